The fraction of sp³-hybridized carbons (Fsp3) is 0.636. The second-order valence-corrected chi connectivity index (χ2v) is 3.18. The van der Waals surface area contributed by atoms with Crippen LogP contribution >= 0.6 is 0 Å². The fourth-order valence-electron chi connectivity index (χ4n) is 1.38. The van der Waals surface area contributed by atoms with Gasteiger partial charge in [0, 0.05) is 0 Å². The standard InChI is InChI=1S/C11H21N/c1-3-5-7-11(9-10-12)8-6-4-2/h3-4,11H,1-2,5-10,12H2. The fourth-order valence-corrected chi connectivity index (χ4v) is 1.38. The van der Waals surface area contributed by atoms with Gasteiger partial charge in [-0.05, 0) is 44.6 Å². The molecule has 0 unspecified atom stereocenters. The van der Waals surface area contributed by atoms with Gasteiger partial charge >= 0.3 is 0 Å². The van der Waals surface area contributed by atoms with E-state index in [9.17, 15) is 0 Å². The van der Waals surface area contributed by atoms with Crippen LogP contribution in [0.25, 0.3) is 0 Å². The lowest BCUT2D eigenvalue weighted by atomic mass is 9.94. The van der Waals surface area contributed by atoms with Crippen molar-refractivity contribution in [2.75, 3.05) is 6.54 Å². The van der Waals surface area contributed by atoms with E-state index < -0.39 is 0 Å². The molecule has 0 spiro atoms. The van der Waals surface area contributed by atoms with Crippen LogP contribution < -0.4 is 5.73 Å². The van der Waals surface area contributed by atoms with Gasteiger partial charge in [-0.15, -0.1) is 13.2 Å². The SMILES string of the molecule is C=CCCC(CCN)CCC=C. The lowest BCUT2D eigenvalue weighted by Gasteiger charge is -2.13. The second kappa shape index (κ2) is 8.54. The topological polar surface area (TPSA) is 26.0 Å². The van der Waals surface area contributed by atoms with Gasteiger partial charge in [-0.25, -0.2) is 0 Å². The van der Waals surface area contributed by atoms with Gasteiger partial charge in [0.2, 0.25) is 0 Å². The molecule has 0 saturated heterocycles. The Morgan fingerprint density at radius 3 is 1.83 bits per heavy atom. The molecule has 12 heavy (non-hydrogen) atoms. The molecule has 0 aliphatic carbocycles. The van der Waals surface area contributed by atoms with E-state index in [1.165, 1.54) is 12.8 Å². The Morgan fingerprint density at radius 2 is 1.50 bits per heavy atom. The minimum Gasteiger partial charge on any atom is -0.330 e. The van der Waals surface area contributed by atoms with Crippen molar-refractivity contribution in [2.24, 2.45) is 11.7 Å². The first kappa shape index (κ1) is 11.4. The van der Waals surface area contributed by atoms with Crippen LogP contribution in [0.5, 0.6) is 0 Å². The highest BCUT2D eigenvalue weighted by Gasteiger charge is 2.04. The van der Waals surface area contributed by atoms with E-state index in [-0.39, 0.29) is 0 Å². The molecule has 1 heteroatoms. The predicted molar refractivity (Wildman–Crippen MR) is 56.0 cm³/mol. The summed E-state index contributed by atoms with van der Waals surface area (Å²) in [5.41, 5.74) is 5.52. The average molecular weight is 167 g/mol. The Balaban J connectivity index is 3.52. The first-order valence-electron chi connectivity index (χ1n) is 4.77. The second-order valence-electron chi connectivity index (χ2n) is 3.18. The smallest absolute Gasteiger partial charge is 0.00746 e. The van der Waals surface area contributed by atoms with E-state index in [1.807, 2.05) is 12.2 Å². The van der Waals surface area contributed by atoms with Crippen LogP contribution in [0, 0.1) is 5.92 Å². The molecule has 0 aliphatic rings. The first-order chi connectivity index (χ1) is 5.85. The van der Waals surface area contributed by atoms with Gasteiger partial charge in [0.25, 0.3) is 0 Å². The molecule has 0 radical (unpaired) electrons. The van der Waals surface area contributed by atoms with Gasteiger partial charge in [0.15, 0.2) is 0 Å². The zero-order valence-corrected chi connectivity index (χ0v) is 7.97. The van der Waals surface area contributed by atoms with Gasteiger partial charge < -0.3 is 5.73 Å². The predicted octanol–water partition coefficient (Wildman–Crippen LogP) is 2.88. The summed E-state index contributed by atoms with van der Waals surface area (Å²) in [5, 5.41) is 0. The van der Waals surface area contributed by atoms with Crippen molar-refractivity contribution in [1.82, 2.24) is 0 Å². The molecule has 0 atom stereocenters. The van der Waals surface area contributed by atoms with E-state index in [1.54, 1.807) is 0 Å². The van der Waals surface area contributed by atoms with E-state index in [0.717, 1.165) is 31.7 Å². The Bertz CT molecular complexity index is 106. The van der Waals surface area contributed by atoms with Crippen molar-refractivity contribution in [2.45, 2.75) is 32.1 Å². The largest absolute Gasteiger partial charge is 0.330 e. The van der Waals surface area contributed by atoms with Gasteiger partial charge in [0.05, 0.1) is 0 Å². The molecule has 0 saturated carbocycles. The van der Waals surface area contributed by atoms with Crippen molar-refractivity contribution in [3.63, 3.8) is 0 Å². The highest BCUT2D eigenvalue weighted by molar-refractivity contribution is 4.74. The Kier molecular flexibility index (Phi) is 8.14. The van der Waals surface area contributed by atoms with Crippen molar-refractivity contribution < 1.29 is 0 Å². The van der Waals surface area contributed by atoms with Crippen LogP contribution in [-0.2, 0) is 0 Å². The lowest BCUT2D eigenvalue weighted by molar-refractivity contribution is 0.432. The summed E-state index contributed by atoms with van der Waals surface area (Å²) in [6.07, 6.45) is 9.79. The maximum atomic E-state index is 5.52. The molecule has 0 aliphatic heterocycles. The molecule has 1 nitrogen and oxygen atoms in total. The van der Waals surface area contributed by atoms with Gasteiger partial charge in [-0.2, -0.15) is 0 Å². The first-order valence-corrected chi connectivity index (χ1v) is 4.77. The molecule has 0 heterocycles. The number of rotatable bonds is 8. The molecule has 0 rings (SSSR count). The monoisotopic (exact) mass is 167 g/mol. The third kappa shape index (κ3) is 6.17. The highest BCUT2D eigenvalue weighted by Crippen LogP contribution is 2.17. The number of nitrogens with two attached hydrogens (primary N) is 1. The summed E-state index contributed by atoms with van der Waals surface area (Å²) in [6, 6.07) is 0. The third-order valence-electron chi connectivity index (χ3n) is 2.13. The van der Waals surface area contributed by atoms with Gasteiger partial charge in [0.1, 0.15) is 0 Å². The molecule has 0 aromatic rings. The summed E-state index contributed by atoms with van der Waals surface area (Å²) < 4.78 is 0. The summed E-state index contributed by atoms with van der Waals surface area (Å²) in [6.45, 7) is 8.25. The summed E-state index contributed by atoms with van der Waals surface area (Å²) in [7, 11) is 0. The van der Waals surface area contributed by atoms with E-state index in [4.69, 9.17) is 5.73 Å². The molecule has 70 valence electrons. The Morgan fingerprint density at radius 1 is 1.00 bits per heavy atom. The lowest BCUT2D eigenvalue weighted by Crippen LogP contribution is -2.08. The van der Waals surface area contributed by atoms with E-state index >= 15 is 0 Å². The van der Waals surface area contributed by atoms with Crippen molar-refractivity contribution in [1.29, 1.82) is 0 Å². The van der Waals surface area contributed by atoms with Gasteiger partial charge in [-0.3, -0.25) is 0 Å². The summed E-state index contributed by atoms with van der Waals surface area (Å²) in [4.78, 5) is 0. The maximum absolute atomic E-state index is 5.52. The molecule has 0 fully saturated rings. The molecule has 0 aromatic heterocycles. The molecular formula is C11H21N. The molecule has 0 bridgehead atoms. The van der Waals surface area contributed by atoms with Crippen LogP contribution in [0.3, 0.4) is 0 Å². The minimum atomic E-state index is 0.769. The quantitative estimate of drug-likeness (QED) is 0.553. The van der Waals surface area contributed by atoms with E-state index in [0.29, 0.717) is 0 Å². The van der Waals surface area contributed by atoms with Crippen molar-refractivity contribution in [3.8, 4) is 0 Å². The van der Waals surface area contributed by atoms with Crippen molar-refractivity contribution in [3.05, 3.63) is 25.3 Å². The average Bonchev–Trinajstić information content (AvgIpc) is 2.10. The summed E-state index contributed by atoms with van der Waals surface area (Å²) >= 11 is 0. The van der Waals surface area contributed by atoms with Gasteiger partial charge in [-0.1, -0.05) is 12.2 Å². The molecular weight excluding hydrogens is 146 g/mol. The highest BCUT2D eigenvalue weighted by atomic mass is 14.5. The third-order valence-corrected chi connectivity index (χ3v) is 2.13. The molecule has 0 amide bonds. The zero-order chi connectivity index (χ0) is 9.23. The number of hydrogen-bond acceptors (Lipinski definition) is 1. The molecule has 2 N–H and O–H groups in total. The Hall–Kier alpha value is -0.560. The van der Waals surface area contributed by atoms with Crippen LogP contribution in [-0.4, -0.2) is 6.54 Å². The maximum Gasteiger partial charge on any atom is -0.00746 e. The Labute approximate surface area is 76.3 Å². The van der Waals surface area contributed by atoms with Crippen LogP contribution in [0.15, 0.2) is 25.3 Å². The van der Waals surface area contributed by atoms with E-state index in [2.05, 4.69) is 13.2 Å². The van der Waals surface area contributed by atoms with Crippen LogP contribution in [0.4, 0.5) is 0 Å². The minimum absolute atomic E-state index is 0.769. The zero-order valence-electron chi connectivity index (χ0n) is 7.97. The molecule has 0 aromatic carbocycles. The van der Waals surface area contributed by atoms with Crippen LogP contribution in [0.2, 0.25) is 0 Å². The number of hydrogen-bond donors (Lipinski definition) is 1. The number of allylic oxidation sites excluding steroid dienone is 2. The van der Waals surface area contributed by atoms with Crippen molar-refractivity contribution >= 4 is 0 Å². The summed E-state index contributed by atoms with van der Waals surface area (Å²) in [5.74, 6) is 0.769. The normalized spacial score (nSPS) is 10.2. The van der Waals surface area contributed by atoms with Crippen LogP contribution in [0.1, 0.15) is 32.1 Å².